The van der Waals surface area contributed by atoms with Gasteiger partial charge in [-0.3, -0.25) is 5.32 Å². The summed E-state index contributed by atoms with van der Waals surface area (Å²) in [5.41, 5.74) is 2.99. The van der Waals surface area contributed by atoms with E-state index in [0.29, 0.717) is 28.4 Å². The number of anilines is 2. The molecule has 4 N–H and O–H groups in total. The minimum Gasteiger partial charge on any atom is -0.453 e. The van der Waals surface area contributed by atoms with Gasteiger partial charge in [0.25, 0.3) is 0 Å². The normalized spacial score (nSPS) is 18.6. The van der Waals surface area contributed by atoms with Crippen molar-refractivity contribution >= 4 is 27.5 Å². The maximum atomic E-state index is 13.3. The van der Waals surface area contributed by atoms with Gasteiger partial charge in [0.2, 0.25) is 10.0 Å². The van der Waals surface area contributed by atoms with E-state index in [-0.39, 0.29) is 10.9 Å². The number of rotatable bonds is 5. The van der Waals surface area contributed by atoms with Gasteiger partial charge >= 0.3 is 6.09 Å². The van der Waals surface area contributed by atoms with E-state index in [4.69, 9.17) is 4.52 Å². The van der Waals surface area contributed by atoms with Crippen molar-refractivity contribution in [2.75, 3.05) is 17.7 Å². The van der Waals surface area contributed by atoms with Gasteiger partial charge in [0, 0.05) is 11.6 Å². The fourth-order valence-electron chi connectivity index (χ4n) is 4.04. The molecule has 1 unspecified atom stereocenters. The highest BCUT2D eigenvalue weighted by atomic mass is 32.2. The van der Waals surface area contributed by atoms with E-state index in [2.05, 4.69) is 30.6 Å². The predicted octanol–water partition coefficient (Wildman–Crippen LogP) is 2.66. The number of hydrogen-bond donors (Lipinski definition) is 4. The highest BCUT2D eigenvalue weighted by Gasteiger charge is 2.32. The Labute approximate surface area is 174 Å². The number of ether oxygens (including phenoxy) is 1. The second-order valence-electron chi connectivity index (χ2n) is 7.56. The lowest BCUT2D eigenvalue weighted by Crippen LogP contribution is -2.42. The van der Waals surface area contributed by atoms with Crippen molar-refractivity contribution in [1.29, 1.82) is 0 Å². The van der Waals surface area contributed by atoms with Crippen molar-refractivity contribution in [2.24, 2.45) is 0 Å². The Hall–Kier alpha value is -2.79. The van der Waals surface area contributed by atoms with Crippen LogP contribution in [0.2, 0.25) is 0 Å². The van der Waals surface area contributed by atoms with Crippen LogP contribution in [0.4, 0.5) is 16.2 Å². The molecule has 2 aromatic rings. The van der Waals surface area contributed by atoms with Crippen LogP contribution in [0.25, 0.3) is 11.1 Å². The number of methoxy groups -OCH3 is 1. The van der Waals surface area contributed by atoms with Crippen LogP contribution in [0, 0.1) is 13.8 Å². The summed E-state index contributed by atoms with van der Waals surface area (Å²) in [6.07, 6.45) is 2.30. The lowest BCUT2D eigenvalue weighted by atomic mass is 10.0. The number of nitrogens with zero attached hydrogens (tertiary/aromatic N) is 1. The number of aromatic nitrogens is 1. The molecule has 30 heavy (non-hydrogen) atoms. The average Bonchev–Trinajstić information content (AvgIpc) is 3.41. The first-order valence-corrected chi connectivity index (χ1v) is 11.3. The molecule has 1 aliphatic carbocycles. The number of alkyl carbamates (subject to hydrolysis) is 1. The molecule has 1 fully saturated rings. The number of carbonyl (C=O) groups excluding carboxylic acids is 1. The fourth-order valence-corrected chi connectivity index (χ4v) is 5.56. The molecule has 1 saturated carbocycles. The highest BCUT2D eigenvalue weighted by molar-refractivity contribution is 7.89. The monoisotopic (exact) mass is 435 g/mol. The summed E-state index contributed by atoms with van der Waals surface area (Å²) < 4.78 is 39.3. The van der Waals surface area contributed by atoms with Gasteiger partial charge in [-0.05, 0) is 44.4 Å². The molecule has 11 heteroatoms. The second-order valence-corrected chi connectivity index (χ2v) is 9.24. The lowest BCUT2D eigenvalue weighted by Gasteiger charge is -2.16. The predicted molar refractivity (Wildman–Crippen MR) is 111 cm³/mol. The summed E-state index contributed by atoms with van der Waals surface area (Å²) in [5, 5.41) is 12.7. The van der Waals surface area contributed by atoms with Crippen LogP contribution in [0.1, 0.15) is 37.1 Å². The van der Waals surface area contributed by atoms with Crippen molar-refractivity contribution in [3.63, 3.8) is 0 Å². The summed E-state index contributed by atoms with van der Waals surface area (Å²) >= 11 is 0. The zero-order valence-electron chi connectivity index (χ0n) is 17.0. The van der Waals surface area contributed by atoms with Crippen LogP contribution < -0.4 is 20.7 Å². The molecule has 4 rings (SSSR count). The Balaban J connectivity index is 1.77. The zero-order valence-corrected chi connectivity index (χ0v) is 17.9. The molecule has 10 nitrogen and oxygen atoms in total. The molecule has 0 radical (unpaired) electrons. The summed E-state index contributed by atoms with van der Waals surface area (Å²) in [6.45, 7) is 3.58. The standard InChI is InChI=1S/C19H25N5O5S/c1-10-16(11(2)29-23-10)12-8-14-17(21-18(20-14)22-19(25)28-3)15(9-12)30(26,27)24-13-6-4-5-7-13/h8-9,13,18,20-21,24H,4-7H2,1-3H3,(H,22,25). The first-order chi connectivity index (χ1) is 14.3. The molecule has 0 spiro atoms. The maximum absolute atomic E-state index is 13.3. The third-order valence-electron chi connectivity index (χ3n) is 5.43. The van der Waals surface area contributed by atoms with Crippen molar-refractivity contribution in [2.45, 2.75) is 56.8 Å². The molecule has 1 aliphatic heterocycles. The van der Waals surface area contributed by atoms with Gasteiger partial charge in [0.05, 0.1) is 24.2 Å². The quantitative estimate of drug-likeness (QED) is 0.563. The Morgan fingerprint density at radius 2 is 1.97 bits per heavy atom. The van der Waals surface area contributed by atoms with Crippen LogP contribution in [-0.2, 0) is 14.8 Å². The number of amides is 1. The van der Waals surface area contributed by atoms with Crippen LogP contribution in [-0.4, -0.2) is 39.1 Å². The number of carbonyl (C=O) groups is 1. The van der Waals surface area contributed by atoms with Gasteiger partial charge in [0.1, 0.15) is 10.7 Å². The van der Waals surface area contributed by atoms with Gasteiger partial charge < -0.3 is 19.9 Å². The zero-order chi connectivity index (χ0) is 21.5. The first-order valence-electron chi connectivity index (χ1n) is 9.79. The molecule has 1 aromatic carbocycles. The molecular formula is C19H25N5O5S. The Morgan fingerprint density at radius 3 is 2.60 bits per heavy atom. The molecule has 1 amide bonds. The second kappa shape index (κ2) is 7.80. The van der Waals surface area contributed by atoms with Crippen molar-refractivity contribution in [3.8, 4) is 11.1 Å². The topological polar surface area (TPSA) is 135 Å². The summed E-state index contributed by atoms with van der Waals surface area (Å²) in [5.74, 6) is 0.592. The number of fused-ring (bicyclic) bond motifs is 1. The molecule has 162 valence electrons. The number of hydrogen-bond acceptors (Lipinski definition) is 8. The minimum absolute atomic E-state index is 0.0771. The fraction of sp³-hybridized carbons (Fsp3) is 0.474. The van der Waals surface area contributed by atoms with Gasteiger partial charge in [-0.25, -0.2) is 17.9 Å². The first kappa shape index (κ1) is 20.5. The summed E-state index contributed by atoms with van der Waals surface area (Å²) in [4.78, 5) is 11.7. The third kappa shape index (κ3) is 3.82. The molecule has 0 bridgehead atoms. The molecule has 1 aromatic heterocycles. The van der Waals surface area contributed by atoms with Crippen LogP contribution in [0.15, 0.2) is 21.6 Å². The van der Waals surface area contributed by atoms with Crippen molar-refractivity contribution < 1.29 is 22.5 Å². The van der Waals surface area contributed by atoms with Gasteiger partial charge in [-0.1, -0.05) is 18.0 Å². The smallest absolute Gasteiger partial charge is 0.409 e. The molecular weight excluding hydrogens is 410 g/mol. The van der Waals surface area contributed by atoms with E-state index in [1.165, 1.54) is 7.11 Å². The van der Waals surface area contributed by atoms with Crippen molar-refractivity contribution in [3.05, 3.63) is 23.6 Å². The average molecular weight is 436 g/mol. The molecule has 2 aliphatic rings. The largest absolute Gasteiger partial charge is 0.453 e. The number of benzene rings is 1. The highest BCUT2D eigenvalue weighted by Crippen LogP contribution is 2.41. The molecule has 2 heterocycles. The van der Waals surface area contributed by atoms with E-state index < -0.39 is 22.4 Å². The van der Waals surface area contributed by atoms with Crippen LogP contribution >= 0.6 is 0 Å². The van der Waals surface area contributed by atoms with Crippen molar-refractivity contribution in [1.82, 2.24) is 15.2 Å². The van der Waals surface area contributed by atoms with E-state index >= 15 is 0 Å². The van der Waals surface area contributed by atoms with E-state index in [1.807, 2.05) is 6.07 Å². The van der Waals surface area contributed by atoms with E-state index in [0.717, 1.165) is 31.2 Å². The minimum atomic E-state index is -3.81. The Morgan fingerprint density at radius 1 is 1.23 bits per heavy atom. The number of sulfonamides is 1. The van der Waals surface area contributed by atoms with E-state index in [9.17, 15) is 13.2 Å². The SMILES string of the molecule is COC(=O)NC1Nc2cc(-c3c(C)noc3C)cc(S(=O)(=O)NC3CCCC3)c2N1. The molecule has 0 saturated heterocycles. The number of nitrogens with one attached hydrogen (secondary N) is 4. The number of aryl methyl sites for hydroxylation is 2. The lowest BCUT2D eigenvalue weighted by molar-refractivity contribution is 0.169. The Bertz CT molecular complexity index is 1060. The van der Waals surface area contributed by atoms with Gasteiger partial charge in [-0.2, -0.15) is 0 Å². The van der Waals surface area contributed by atoms with Crippen LogP contribution in [0.5, 0.6) is 0 Å². The molecule has 1 atom stereocenters. The Kier molecular flexibility index (Phi) is 5.33. The summed E-state index contributed by atoms with van der Waals surface area (Å²) in [6, 6.07) is 3.34. The van der Waals surface area contributed by atoms with Gasteiger partial charge in [-0.15, -0.1) is 0 Å². The van der Waals surface area contributed by atoms with Crippen LogP contribution in [0.3, 0.4) is 0 Å². The van der Waals surface area contributed by atoms with Gasteiger partial charge in [0.15, 0.2) is 6.29 Å². The maximum Gasteiger partial charge on any atom is 0.409 e. The summed E-state index contributed by atoms with van der Waals surface area (Å²) in [7, 11) is -2.55. The van der Waals surface area contributed by atoms with E-state index in [1.54, 1.807) is 19.9 Å². The third-order valence-corrected chi connectivity index (χ3v) is 6.97.